The molecule has 1 aliphatic heterocycles. The van der Waals surface area contributed by atoms with E-state index in [2.05, 4.69) is 72.2 Å². The first kappa shape index (κ1) is 29.7. The molecule has 0 unspecified atom stereocenters. The van der Waals surface area contributed by atoms with Crippen LogP contribution in [0.5, 0.6) is 5.75 Å². The number of benzene rings is 4. The van der Waals surface area contributed by atoms with Crippen molar-refractivity contribution < 1.29 is 44.2 Å². The number of rotatable bonds is 9. The molecule has 1 aromatic heterocycles. The number of ether oxygens (including phenoxy) is 1. The molecule has 6 rings (SSSR count). The van der Waals surface area contributed by atoms with Gasteiger partial charge in [0.25, 0.3) is 0 Å². The van der Waals surface area contributed by atoms with Crippen LogP contribution in [0.15, 0.2) is 90.1 Å². The maximum absolute atomic E-state index is 11.1. The molecule has 0 fully saturated rings. The number of imidazole rings is 1. The summed E-state index contributed by atoms with van der Waals surface area (Å²) in [6.45, 7) is 2.58. The molecule has 0 spiro atoms. The Bertz CT molecular complexity index is 1700. The average Bonchev–Trinajstić information content (AvgIpc) is 3.52. The number of fused-ring (bicyclic) bond motifs is 2. The van der Waals surface area contributed by atoms with Crippen LogP contribution in [-0.2, 0) is 23.4 Å². The summed E-state index contributed by atoms with van der Waals surface area (Å²) >= 11 is 7.80. The molecule has 1 aliphatic rings. The number of halogens is 1. The Labute approximate surface area is 271 Å². The molecule has 5 nitrogen and oxygen atoms in total. The van der Waals surface area contributed by atoms with Crippen LogP contribution in [0, 0.1) is 6.92 Å². The van der Waals surface area contributed by atoms with Crippen molar-refractivity contribution in [2.75, 3.05) is 6.61 Å². The minimum atomic E-state index is -1.04. The Morgan fingerprint density at radius 1 is 1.02 bits per heavy atom. The molecule has 0 amide bonds. The maximum atomic E-state index is 11.1. The summed E-state index contributed by atoms with van der Waals surface area (Å²) in [4.78, 5) is 16.1. The van der Waals surface area contributed by atoms with Gasteiger partial charge in [-0.25, -0.2) is 4.98 Å². The van der Waals surface area contributed by atoms with Crippen molar-refractivity contribution in [3.05, 3.63) is 118 Å². The number of hydrogen-bond acceptors (Lipinski definition) is 5. The monoisotopic (exact) mass is 590 g/mol. The number of nitrogens with zero attached hydrogens (tertiary/aromatic N) is 2. The summed E-state index contributed by atoms with van der Waals surface area (Å²) in [7, 11) is 0. The summed E-state index contributed by atoms with van der Waals surface area (Å²) in [5.41, 5.74) is 9.02. The largest absolute Gasteiger partial charge is 1.00 e. The molecule has 41 heavy (non-hydrogen) atoms. The number of aliphatic carboxylic acids is 1. The Balaban J connectivity index is 0.00000337. The quantitative estimate of drug-likeness (QED) is 0.194. The van der Waals surface area contributed by atoms with E-state index in [-0.39, 0.29) is 41.9 Å². The maximum Gasteiger partial charge on any atom is 1.00 e. The van der Waals surface area contributed by atoms with Crippen LogP contribution >= 0.6 is 23.4 Å². The van der Waals surface area contributed by atoms with E-state index in [1.54, 1.807) is 11.8 Å². The van der Waals surface area contributed by atoms with Crippen molar-refractivity contribution in [2.45, 2.75) is 43.0 Å². The molecule has 0 saturated heterocycles. The molecule has 0 saturated carbocycles. The molecule has 0 bridgehead atoms. The topological polar surface area (TPSA) is 67.2 Å². The van der Waals surface area contributed by atoms with Gasteiger partial charge in [0, 0.05) is 28.2 Å². The van der Waals surface area contributed by atoms with Crippen LogP contribution in [0.25, 0.3) is 16.7 Å². The fourth-order valence-electron chi connectivity index (χ4n) is 5.37. The zero-order valence-electron chi connectivity index (χ0n) is 23.1. The fourth-order valence-corrected chi connectivity index (χ4v) is 6.47. The molecule has 2 heterocycles. The van der Waals surface area contributed by atoms with Gasteiger partial charge in [-0.1, -0.05) is 71.9 Å². The SMILES string of the molecule is Cc1c(CCc2ccc3c(c2)OC[C@H]3CC(=O)[O-])cccc1-n1c(SCc2ccc(Cl)cc2)nc2ccccc21.[Na+]. The van der Waals surface area contributed by atoms with Gasteiger partial charge < -0.3 is 14.6 Å². The van der Waals surface area contributed by atoms with Crippen molar-refractivity contribution in [2.24, 2.45) is 0 Å². The Morgan fingerprint density at radius 2 is 1.80 bits per heavy atom. The number of carbonyl (C=O) groups is 1. The number of carboxylic acids is 1. The van der Waals surface area contributed by atoms with Gasteiger partial charge in [-0.15, -0.1) is 0 Å². The van der Waals surface area contributed by atoms with Crippen LogP contribution in [0.3, 0.4) is 0 Å². The first-order valence-electron chi connectivity index (χ1n) is 13.4. The minimum Gasteiger partial charge on any atom is -0.550 e. The van der Waals surface area contributed by atoms with Gasteiger partial charge in [0.1, 0.15) is 5.75 Å². The van der Waals surface area contributed by atoms with Gasteiger partial charge in [-0.3, -0.25) is 4.57 Å². The van der Waals surface area contributed by atoms with Gasteiger partial charge in [0.2, 0.25) is 0 Å². The summed E-state index contributed by atoms with van der Waals surface area (Å²) in [5, 5.41) is 12.8. The Morgan fingerprint density at radius 3 is 2.61 bits per heavy atom. The molecule has 1 atom stereocenters. The van der Waals surface area contributed by atoms with Crippen molar-refractivity contribution in [1.82, 2.24) is 9.55 Å². The Kier molecular flexibility index (Phi) is 9.47. The van der Waals surface area contributed by atoms with Crippen molar-refractivity contribution in [1.29, 1.82) is 0 Å². The number of hydrogen-bond donors (Lipinski definition) is 0. The molecular weight excluding hydrogens is 563 g/mol. The fraction of sp³-hybridized carbons (Fsp3) is 0.212. The van der Waals surface area contributed by atoms with Gasteiger partial charge in [0.05, 0.1) is 23.3 Å². The van der Waals surface area contributed by atoms with E-state index in [1.807, 2.05) is 24.3 Å². The predicted octanol–water partition coefficient (Wildman–Crippen LogP) is 3.68. The number of aryl methyl sites for hydroxylation is 2. The number of carbonyl (C=O) groups excluding carboxylic acids is 1. The summed E-state index contributed by atoms with van der Waals surface area (Å²) in [6, 6.07) is 28.9. The van der Waals surface area contributed by atoms with Crippen LogP contribution in [-0.4, -0.2) is 22.1 Å². The minimum absolute atomic E-state index is 0. The zero-order chi connectivity index (χ0) is 27.6. The second kappa shape index (κ2) is 13.1. The first-order valence-corrected chi connectivity index (χ1v) is 14.7. The molecule has 0 N–H and O–H groups in total. The van der Waals surface area contributed by atoms with Gasteiger partial charge in [-0.2, -0.15) is 0 Å². The average molecular weight is 591 g/mol. The molecule has 5 aromatic rings. The van der Waals surface area contributed by atoms with Gasteiger partial charge in [0.15, 0.2) is 5.16 Å². The van der Waals surface area contributed by atoms with E-state index >= 15 is 0 Å². The summed E-state index contributed by atoms with van der Waals surface area (Å²) in [6.07, 6.45) is 1.72. The molecule has 8 heteroatoms. The molecule has 0 radical (unpaired) electrons. The normalized spacial score (nSPS) is 14.0. The van der Waals surface area contributed by atoms with Crippen molar-refractivity contribution in [3.8, 4) is 11.4 Å². The van der Waals surface area contributed by atoms with E-state index in [4.69, 9.17) is 21.3 Å². The molecule has 4 aromatic carbocycles. The third-order valence-electron chi connectivity index (χ3n) is 7.52. The van der Waals surface area contributed by atoms with Gasteiger partial charge >= 0.3 is 29.6 Å². The first-order chi connectivity index (χ1) is 19.5. The zero-order valence-corrected chi connectivity index (χ0v) is 26.7. The van der Waals surface area contributed by atoms with E-state index in [1.165, 1.54) is 22.3 Å². The third kappa shape index (κ3) is 6.52. The van der Waals surface area contributed by atoms with Crippen LogP contribution in [0.1, 0.15) is 40.2 Å². The van der Waals surface area contributed by atoms with Crippen molar-refractivity contribution in [3.63, 3.8) is 0 Å². The molecular formula is C33H28ClN2NaO3S. The number of para-hydroxylation sites is 2. The summed E-state index contributed by atoms with van der Waals surface area (Å²) < 4.78 is 8.07. The van der Waals surface area contributed by atoms with E-state index in [9.17, 15) is 9.90 Å². The van der Waals surface area contributed by atoms with Crippen LogP contribution in [0.4, 0.5) is 0 Å². The van der Waals surface area contributed by atoms with Crippen LogP contribution in [0.2, 0.25) is 5.02 Å². The molecule has 0 aliphatic carbocycles. The van der Waals surface area contributed by atoms with E-state index < -0.39 is 5.97 Å². The van der Waals surface area contributed by atoms with E-state index in [0.29, 0.717) is 6.61 Å². The number of carboxylic acid groups (broad SMARTS) is 1. The second-order valence-corrected chi connectivity index (χ2v) is 11.5. The second-order valence-electron chi connectivity index (χ2n) is 10.2. The smallest absolute Gasteiger partial charge is 0.550 e. The van der Waals surface area contributed by atoms with Crippen LogP contribution < -0.4 is 39.4 Å². The number of thioether (sulfide) groups is 1. The Hall–Kier alpha value is -2.74. The van der Waals surface area contributed by atoms with Gasteiger partial charge in [-0.05, 0) is 84.8 Å². The molecule has 202 valence electrons. The summed E-state index contributed by atoms with van der Waals surface area (Å²) in [5.74, 6) is 0.410. The van der Waals surface area contributed by atoms with Crippen molar-refractivity contribution >= 4 is 40.4 Å². The third-order valence-corrected chi connectivity index (χ3v) is 8.79. The van der Waals surface area contributed by atoms with E-state index in [0.717, 1.165) is 56.8 Å². The number of aromatic nitrogens is 2. The standard InChI is InChI=1S/C33H29ClN2O3S.Na/c1-21-24(13-9-22-12-16-27-25(18-32(37)38)19-39-31(27)17-22)5-4-8-29(21)36-30-7-3-2-6-28(30)35-33(36)40-20-23-10-14-26(34)15-11-23;/h2-8,10-12,14-17,25H,9,13,18-20H2,1H3,(H,37,38);/q;+1/p-1/t25-;/m1./s1. The predicted molar refractivity (Wildman–Crippen MR) is 159 cm³/mol.